The number of nitrogens with one attached hydrogen (secondary N) is 3. The van der Waals surface area contributed by atoms with Gasteiger partial charge >= 0.3 is 42.2 Å². The van der Waals surface area contributed by atoms with Crippen LogP contribution in [0.25, 0.3) is 18.2 Å². The molecule has 3 aliphatic heterocycles. The molecule has 3 aliphatic rings. The Balaban J connectivity index is 0.731. The first-order chi connectivity index (χ1) is 39.4. The number of phosphoric acid groups is 3. The van der Waals surface area contributed by atoms with Crippen molar-refractivity contribution in [2.45, 2.75) is 57.0 Å². The molecule has 83 heavy (non-hydrogen) atoms. The van der Waals surface area contributed by atoms with Gasteiger partial charge in [0, 0.05) is 61.7 Å². The third-order valence-electron chi connectivity index (χ3n) is 12.2. The lowest BCUT2D eigenvalue weighted by atomic mass is 9.90. The molecule has 1 saturated heterocycles. The molecule has 5 atom stereocenters. The van der Waals surface area contributed by atoms with E-state index in [-0.39, 0.29) is 68.9 Å². The first-order valence-corrected chi connectivity index (χ1v) is 30.7. The van der Waals surface area contributed by atoms with E-state index in [1.807, 2.05) is 17.5 Å². The Kier molecular flexibility index (Phi) is 21.9. The Morgan fingerprint density at radius 2 is 1.72 bits per heavy atom. The Labute approximate surface area is 477 Å². The summed E-state index contributed by atoms with van der Waals surface area (Å²) < 4.78 is 105. The summed E-state index contributed by atoms with van der Waals surface area (Å²) >= 11 is 1.41. The molecule has 0 saturated carbocycles. The number of carbonyl (C=O) groups is 3. The predicted octanol–water partition coefficient (Wildman–Crippen LogP) is 5.61. The van der Waals surface area contributed by atoms with E-state index in [0.717, 1.165) is 24.0 Å². The van der Waals surface area contributed by atoms with E-state index < -0.39 is 67.3 Å². The minimum Gasteiger partial charge on any atom is -0.484 e. The van der Waals surface area contributed by atoms with E-state index in [1.165, 1.54) is 23.6 Å². The van der Waals surface area contributed by atoms with Gasteiger partial charge in [0.25, 0.3) is 5.91 Å². The SMILES string of the molecule is C=CCO[C@H]1C[C@H](n2cc(C#CCNC(=O)OCC(=C)CCNC(=O)CCCCCNC(=O)COc3ccc(/C=C/c4ccc5n4[B-](F)(F)[N+]4=C(c6cccs6)C=CC4=C5)cc3)c(N)nc2=O)O[C@@H]1COP(=O)(O)OP(=O)(O)OP(=O)(O)O. The molecule has 2 unspecified atom stereocenters. The van der Waals surface area contributed by atoms with E-state index in [9.17, 15) is 42.7 Å². The predicted molar refractivity (Wildman–Crippen MR) is 300 cm³/mol. The molecule has 0 spiro atoms. The Morgan fingerprint density at radius 1 is 0.952 bits per heavy atom. The van der Waals surface area contributed by atoms with Crippen LogP contribution in [0.15, 0.2) is 108 Å². The number of nitrogen functional groups attached to an aromatic ring is 1. The highest BCUT2D eigenvalue weighted by atomic mass is 32.1. The molecule has 9 N–H and O–H groups in total. The van der Waals surface area contributed by atoms with Gasteiger partial charge in [-0.3, -0.25) is 18.7 Å². The van der Waals surface area contributed by atoms with Crippen molar-refractivity contribution in [1.82, 2.24) is 30.0 Å². The highest BCUT2D eigenvalue weighted by Crippen LogP contribution is 2.66. The van der Waals surface area contributed by atoms with Gasteiger partial charge < -0.3 is 77.8 Å². The van der Waals surface area contributed by atoms with Gasteiger partial charge in [0.05, 0.1) is 36.3 Å². The van der Waals surface area contributed by atoms with Crippen LogP contribution in [0.4, 0.5) is 19.2 Å². The number of fused-ring (bicyclic) bond motifs is 2. The molecule has 7 rings (SSSR count). The number of allylic oxidation sites excluding steroid dienone is 2. The Bertz CT molecular complexity index is 3470. The molecular formula is C50H58BF2N8O18P3S. The number of nitrogens with two attached hydrogens (primary N) is 1. The van der Waals surface area contributed by atoms with Crippen molar-refractivity contribution >= 4 is 89.4 Å². The van der Waals surface area contributed by atoms with Gasteiger partial charge in [-0.25, -0.2) is 23.3 Å². The Morgan fingerprint density at radius 3 is 2.46 bits per heavy atom. The zero-order valence-electron chi connectivity index (χ0n) is 44.0. The van der Waals surface area contributed by atoms with Crippen LogP contribution in [-0.4, -0.2) is 127 Å². The number of thiophene rings is 1. The molecular weight excluding hydrogens is 1170 g/mol. The van der Waals surface area contributed by atoms with Crippen molar-refractivity contribution in [1.29, 1.82) is 0 Å². The number of amides is 3. The molecule has 3 aromatic heterocycles. The lowest BCUT2D eigenvalue weighted by Gasteiger charge is -2.30. The second kappa shape index (κ2) is 28.6. The molecule has 444 valence electrons. The molecule has 26 nitrogen and oxygen atoms in total. The summed E-state index contributed by atoms with van der Waals surface area (Å²) in [6.45, 7) is 2.35. The maximum absolute atomic E-state index is 16.1. The van der Waals surface area contributed by atoms with Gasteiger partial charge in [0.15, 0.2) is 18.0 Å². The third-order valence-corrected chi connectivity index (χ3v) is 16.9. The van der Waals surface area contributed by atoms with Gasteiger partial charge in [-0.2, -0.15) is 13.6 Å². The second-order valence-corrected chi connectivity index (χ2v) is 23.7. The van der Waals surface area contributed by atoms with Crippen LogP contribution >= 0.6 is 34.8 Å². The van der Waals surface area contributed by atoms with E-state index >= 15 is 8.63 Å². The molecule has 1 aromatic carbocycles. The summed E-state index contributed by atoms with van der Waals surface area (Å²) in [7, 11) is -16.9. The summed E-state index contributed by atoms with van der Waals surface area (Å²) in [6.07, 6.45) is 9.35. The minimum absolute atomic E-state index is 0.0340. The minimum atomic E-state index is -5.79. The van der Waals surface area contributed by atoms with Crippen LogP contribution in [0.5, 0.6) is 5.75 Å². The zero-order chi connectivity index (χ0) is 60.0. The van der Waals surface area contributed by atoms with E-state index in [1.54, 1.807) is 66.8 Å². The fourth-order valence-electron chi connectivity index (χ4n) is 8.44. The standard InChI is InChI=1S/C50H58BF2N8O18P3S/c1-3-26-73-42-29-47(77-43(42)32-76-81(69,70)79-82(71,72)78-80(66,67)68)59-30-36(48(54)58-49(59)64)9-7-24-57-50(65)75-31-34(2)22-25-56-45(62)11-5-4-6-23-55-46(63)33-74-40-19-13-35(14-20-40)12-15-37-16-17-38-28-39-18-21-41(44-10-8-27-83-44)61(39)51(52,53)60(37)38/h3,8,10,12-21,27-28,30,42-43,47H,1-2,4-6,11,22-26,29,31-33H2,(H,55,63)(H,56,62)(H,57,65)(H,69,70)(H,71,72)(H2,54,58,64)(H2,66,67,68)/b15-12+/t42-,43+,47+/m0/s1. The normalized spacial score (nSPS) is 18.4. The first kappa shape index (κ1) is 63.7. The highest BCUT2D eigenvalue weighted by molar-refractivity contribution is 7.66. The van der Waals surface area contributed by atoms with Crippen molar-refractivity contribution in [3.63, 3.8) is 0 Å². The van der Waals surface area contributed by atoms with Crippen molar-refractivity contribution in [2.75, 3.05) is 51.8 Å². The van der Waals surface area contributed by atoms with E-state index in [2.05, 4.69) is 54.6 Å². The smallest absolute Gasteiger partial charge is 0.484 e. The number of aromatic nitrogens is 3. The van der Waals surface area contributed by atoms with Crippen LogP contribution in [0, 0.1) is 11.8 Å². The summed E-state index contributed by atoms with van der Waals surface area (Å²) in [4.78, 5) is 91.3. The largest absolute Gasteiger partial charge is 0.737 e. The molecule has 1 fully saturated rings. The van der Waals surface area contributed by atoms with Crippen LogP contribution in [0.1, 0.15) is 72.1 Å². The molecule has 6 heterocycles. The first-order valence-electron chi connectivity index (χ1n) is 25.3. The fourth-order valence-corrected chi connectivity index (χ4v) is 12.2. The molecule has 0 bridgehead atoms. The maximum Gasteiger partial charge on any atom is 0.737 e. The molecule has 3 amide bonds. The topological polar surface area (TPSA) is 353 Å². The number of nitrogens with zero attached hydrogens (tertiary/aromatic N) is 4. The van der Waals surface area contributed by atoms with Crippen LogP contribution in [-0.2, 0) is 50.6 Å². The fraction of sp³-hybridized carbons (Fsp3) is 0.320. The number of anilines is 1. The number of halogens is 2. The third kappa shape index (κ3) is 18.5. The van der Waals surface area contributed by atoms with Crippen molar-refractivity contribution in [3.05, 3.63) is 141 Å². The number of phosphoric ester groups is 1. The average Bonchev–Trinajstić information content (AvgIpc) is 1.93. The number of hydrogen-bond acceptors (Lipinski definition) is 17. The molecule has 0 radical (unpaired) electrons. The van der Waals surface area contributed by atoms with Gasteiger partial charge in [-0.15, -0.1) is 17.9 Å². The van der Waals surface area contributed by atoms with E-state index in [0.29, 0.717) is 66.3 Å². The Hall–Kier alpha value is -6.93. The number of benzene rings is 1. The quantitative estimate of drug-likeness (QED) is 0.0108. The molecule has 4 aromatic rings. The summed E-state index contributed by atoms with van der Waals surface area (Å²) in [5, 5.41) is 9.86. The zero-order valence-corrected chi connectivity index (χ0v) is 47.5. The number of alkyl carbamates (subject to hydrolysis) is 1. The lowest BCUT2D eigenvalue weighted by Crippen LogP contribution is -2.50. The lowest BCUT2D eigenvalue weighted by molar-refractivity contribution is -0.360. The van der Waals surface area contributed by atoms with Gasteiger partial charge in [0.1, 0.15) is 30.5 Å². The van der Waals surface area contributed by atoms with Crippen molar-refractivity contribution in [3.8, 4) is 17.6 Å². The van der Waals surface area contributed by atoms with Gasteiger partial charge in [-0.1, -0.05) is 55.2 Å². The van der Waals surface area contributed by atoms with Crippen LogP contribution in [0.3, 0.4) is 0 Å². The number of rotatable bonds is 29. The highest BCUT2D eigenvalue weighted by Gasteiger charge is 2.52. The summed E-state index contributed by atoms with van der Waals surface area (Å²) in [5.41, 5.74) is 8.01. The molecule has 0 aliphatic carbocycles. The van der Waals surface area contributed by atoms with Crippen LogP contribution in [0.2, 0.25) is 0 Å². The maximum atomic E-state index is 16.1. The van der Waals surface area contributed by atoms with Gasteiger partial charge in [-0.05, 0) is 72.2 Å². The monoisotopic (exact) mass is 1230 g/mol. The van der Waals surface area contributed by atoms with Crippen LogP contribution < -0.4 is 32.1 Å². The molecule has 33 heteroatoms. The average molecular weight is 1230 g/mol. The number of carbonyl (C=O) groups excluding carboxylic acids is 3. The number of ether oxygens (including phenoxy) is 4. The summed E-state index contributed by atoms with van der Waals surface area (Å²) in [5.74, 6) is 5.00. The van der Waals surface area contributed by atoms with Crippen molar-refractivity contribution in [2.24, 2.45) is 0 Å². The number of hydrogen-bond donors (Lipinski definition) is 8. The summed E-state index contributed by atoms with van der Waals surface area (Å²) in [6, 6.07) is 13.9. The van der Waals surface area contributed by atoms with Gasteiger partial charge in [0.2, 0.25) is 5.91 Å². The second-order valence-electron chi connectivity index (χ2n) is 18.4. The van der Waals surface area contributed by atoms with E-state index in [4.69, 9.17) is 39.0 Å². The van der Waals surface area contributed by atoms with Crippen molar-refractivity contribution < 1.29 is 92.9 Å². The number of unbranched alkanes of at least 4 members (excludes halogenated alkanes) is 2.